The highest BCUT2D eigenvalue weighted by Gasteiger charge is 2.38. The van der Waals surface area contributed by atoms with Crippen molar-refractivity contribution in [2.45, 2.75) is 58.1 Å². The fraction of sp³-hybridized carbons (Fsp3) is 0.600. The number of amides is 2. The number of thioether (sulfide) groups is 1. The van der Waals surface area contributed by atoms with Gasteiger partial charge in [0, 0.05) is 24.4 Å². The van der Waals surface area contributed by atoms with Crippen molar-refractivity contribution < 1.29 is 19.1 Å². The van der Waals surface area contributed by atoms with Crippen molar-refractivity contribution >= 4 is 51.1 Å². The smallest absolute Gasteiger partial charge is 0.341 e. The van der Waals surface area contributed by atoms with E-state index in [1.807, 2.05) is 13.8 Å². The van der Waals surface area contributed by atoms with E-state index >= 15 is 0 Å². The zero-order valence-electron chi connectivity index (χ0n) is 17.1. The minimum atomic E-state index is -0.485. The molecule has 1 fully saturated rings. The van der Waals surface area contributed by atoms with E-state index < -0.39 is 5.25 Å². The lowest BCUT2D eigenvalue weighted by atomic mass is 9.95. The first-order chi connectivity index (χ1) is 14.0. The van der Waals surface area contributed by atoms with Gasteiger partial charge in [0.15, 0.2) is 5.17 Å². The number of aryl methyl sites for hydroxylation is 1. The third-order valence-electron chi connectivity index (χ3n) is 4.90. The largest absolute Gasteiger partial charge is 0.462 e. The molecular weight excluding hydrogens is 410 g/mol. The summed E-state index contributed by atoms with van der Waals surface area (Å²) >= 11 is 2.80. The first kappa shape index (κ1) is 21.8. The van der Waals surface area contributed by atoms with Crippen LogP contribution < -0.4 is 5.32 Å². The number of aliphatic imine (C=N–C) groups is 1. The van der Waals surface area contributed by atoms with Gasteiger partial charge in [-0.1, -0.05) is 11.8 Å². The summed E-state index contributed by atoms with van der Waals surface area (Å²) in [4.78, 5) is 45.0. The molecule has 1 atom stereocenters. The number of fused-ring (bicyclic) bond motifs is 1. The summed E-state index contributed by atoms with van der Waals surface area (Å²) < 4.78 is 5.23. The molecule has 0 bridgehead atoms. The summed E-state index contributed by atoms with van der Waals surface area (Å²) in [7, 11) is 0. The molecule has 0 radical (unpaired) electrons. The first-order valence-corrected chi connectivity index (χ1v) is 11.8. The predicted octanol–water partition coefficient (Wildman–Crippen LogP) is 3.47. The van der Waals surface area contributed by atoms with Crippen LogP contribution in [0, 0.1) is 0 Å². The fourth-order valence-electron chi connectivity index (χ4n) is 3.61. The molecule has 1 aliphatic heterocycles. The van der Waals surface area contributed by atoms with Gasteiger partial charge < -0.3 is 10.1 Å². The minimum Gasteiger partial charge on any atom is -0.462 e. The Morgan fingerprint density at radius 1 is 1.24 bits per heavy atom. The number of carbonyl (C=O) groups is 3. The van der Waals surface area contributed by atoms with E-state index in [-0.39, 0.29) is 30.8 Å². The van der Waals surface area contributed by atoms with Gasteiger partial charge in [-0.05, 0) is 52.0 Å². The molecule has 1 aromatic rings. The highest BCUT2D eigenvalue weighted by molar-refractivity contribution is 8.15. The number of nitrogens with one attached hydrogen (secondary N) is 1. The van der Waals surface area contributed by atoms with Gasteiger partial charge in [0.05, 0.1) is 12.2 Å². The Kier molecular flexibility index (Phi) is 7.34. The molecule has 0 saturated carbocycles. The average Bonchev–Trinajstić information content (AvgIpc) is 3.19. The van der Waals surface area contributed by atoms with Gasteiger partial charge in [-0.15, -0.1) is 11.3 Å². The summed E-state index contributed by atoms with van der Waals surface area (Å²) in [5.41, 5.74) is 1.50. The van der Waals surface area contributed by atoms with E-state index in [1.54, 1.807) is 11.8 Å². The highest BCUT2D eigenvalue weighted by Crippen LogP contribution is 2.39. The lowest BCUT2D eigenvalue weighted by Crippen LogP contribution is -2.33. The maximum absolute atomic E-state index is 12.7. The molecule has 2 heterocycles. The molecule has 1 aliphatic carbocycles. The van der Waals surface area contributed by atoms with E-state index in [0.29, 0.717) is 28.8 Å². The van der Waals surface area contributed by atoms with Crippen LogP contribution in [0.4, 0.5) is 5.00 Å². The van der Waals surface area contributed by atoms with Crippen molar-refractivity contribution in [1.29, 1.82) is 0 Å². The van der Waals surface area contributed by atoms with Crippen LogP contribution >= 0.6 is 23.1 Å². The number of carbonyl (C=O) groups excluding carboxylic acids is 3. The van der Waals surface area contributed by atoms with Crippen molar-refractivity contribution in [3.8, 4) is 0 Å². The number of hydrogen-bond acceptors (Lipinski definition) is 7. The minimum absolute atomic E-state index is 0.0492. The highest BCUT2D eigenvalue weighted by atomic mass is 32.2. The lowest BCUT2D eigenvalue weighted by molar-refractivity contribution is -0.128. The molecule has 2 aliphatic rings. The van der Waals surface area contributed by atoms with Crippen molar-refractivity contribution in [3.63, 3.8) is 0 Å². The Hall–Kier alpha value is -1.87. The molecule has 2 amide bonds. The zero-order valence-corrected chi connectivity index (χ0v) is 18.7. The zero-order chi connectivity index (χ0) is 21.0. The average molecular weight is 438 g/mol. The second-order valence-electron chi connectivity index (χ2n) is 6.83. The van der Waals surface area contributed by atoms with Crippen molar-refractivity contribution in [2.75, 3.05) is 25.0 Å². The number of nitrogens with zero attached hydrogens (tertiary/aromatic N) is 2. The number of rotatable bonds is 7. The molecule has 1 aromatic heterocycles. The second kappa shape index (κ2) is 9.75. The molecular formula is C20H27N3O4S2. The number of thiophene rings is 1. The Morgan fingerprint density at radius 3 is 2.69 bits per heavy atom. The van der Waals surface area contributed by atoms with E-state index in [2.05, 4.69) is 10.3 Å². The third-order valence-corrected chi connectivity index (χ3v) is 7.32. The van der Waals surface area contributed by atoms with Gasteiger partial charge >= 0.3 is 5.97 Å². The van der Waals surface area contributed by atoms with Crippen LogP contribution in [0.15, 0.2) is 4.99 Å². The van der Waals surface area contributed by atoms with E-state index in [0.717, 1.165) is 36.1 Å². The molecule has 0 unspecified atom stereocenters. The van der Waals surface area contributed by atoms with Crippen LogP contribution in [0.2, 0.25) is 0 Å². The molecule has 3 rings (SSSR count). The maximum atomic E-state index is 12.7. The summed E-state index contributed by atoms with van der Waals surface area (Å²) in [5.74, 6) is -0.743. The van der Waals surface area contributed by atoms with Crippen LogP contribution in [0.3, 0.4) is 0 Å². The third kappa shape index (κ3) is 4.66. The molecule has 7 nitrogen and oxygen atoms in total. The topological polar surface area (TPSA) is 88.1 Å². The fourth-order valence-corrected chi connectivity index (χ4v) is 6.17. The molecule has 1 N–H and O–H groups in total. The van der Waals surface area contributed by atoms with Gasteiger partial charge in [0.1, 0.15) is 10.3 Å². The predicted molar refractivity (Wildman–Crippen MR) is 117 cm³/mol. The molecule has 9 heteroatoms. The van der Waals surface area contributed by atoms with Crippen molar-refractivity contribution in [2.24, 2.45) is 4.99 Å². The van der Waals surface area contributed by atoms with Crippen LogP contribution in [-0.4, -0.2) is 52.8 Å². The normalized spacial score (nSPS) is 20.1. The maximum Gasteiger partial charge on any atom is 0.341 e. The molecule has 0 aromatic carbocycles. The van der Waals surface area contributed by atoms with Gasteiger partial charge in [0.2, 0.25) is 11.8 Å². The summed E-state index contributed by atoms with van der Waals surface area (Å²) in [5, 5.41) is 3.63. The van der Waals surface area contributed by atoms with Crippen molar-refractivity contribution in [3.05, 3.63) is 16.0 Å². The van der Waals surface area contributed by atoms with Crippen LogP contribution in [-0.2, 0) is 27.2 Å². The summed E-state index contributed by atoms with van der Waals surface area (Å²) in [6.45, 7) is 7.00. The first-order valence-electron chi connectivity index (χ1n) is 10.1. The molecule has 158 valence electrons. The Balaban J connectivity index is 1.76. The summed E-state index contributed by atoms with van der Waals surface area (Å²) in [6.07, 6.45) is 3.91. The number of esters is 1. The van der Waals surface area contributed by atoms with Crippen LogP contribution in [0.1, 0.15) is 60.8 Å². The van der Waals surface area contributed by atoms with E-state index in [4.69, 9.17) is 4.74 Å². The number of hydrogen-bond donors (Lipinski definition) is 1. The lowest BCUT2D eigenvalue weighted by Gasteiger charge is -2.13. The molecule has 0 spiro atoms. The molecule has 1 saturated heterocycles. The standard InChI is InChI=1S/C20H27N3O4S2/c1-4-21-20-23(5-2)18(25)14(29-20)11-15(24)22-17-16(19(26)27-6-3)12-9-7-8-10-13(12)28-17/h14H,4-11H2,1-3H3,(H,22,24)/t14-/m1/s1. The Bertz CT molecular complexity index is 834. The van der Waals surface area contributed by atoms with Gasteiger partial charge in [-0.3, -0.25) is 19.5 Å². The number of amidine groups is 1. The quantitative estimate of drug-likeness (QED) is 0.660. The molecule has 29 heavy (non-hydrogen) atoms. The monoisotopic (exact) mass is 437 g/mol. The van der Waals surface area contributed by atoms with Gasteiger partial charge in [-0.25, -0.2) is 4.79 Å². The Labute approximate surface area is 179 Å². The summed E-state index contributed by atoms with van der Waals surface area (Å²) in [6, 6.07) is 0. The number of ether oxygens (including phenoxy) is 1. The van der Waals surface area contributed by atoms with Crippen molar-refractivity contribution in [1.82, 2.24) is 4.90 Å². The van der Waals surface area contributed by atoms with Crippen LogP contribution in [0.5, 0.6) is 0 Å². The van der Waals surface area contributed by atoms with Gasteiger partial charge in [-0.2, -0.15) is 0 Å². The van der Waals surface area contributed by atoms with E-state index in [1.165, 1.54) is 23.1 Å². The van der Waals surface area contributed by atoms with E-state index in [9.17, 15) is 14.4 Å². The van der Waals surface area contributed by atoms with Crippen LogP contribution in [0.25, 0.3) is 0 Å². The second-order valence-corrected chi connectivity index (χ2v) is 9.11. The van der Waals surface area contributed by atoms with Gasteiger partial charge in [0.25, 0.3) is 0 Å². The number of anilines is 1. The SMILES string of the molecule is CCN=C1S[C@H](CC(=O)Nc2sc3c(c2C(=O)OCC)CCCC3)C(=O)N1CC. The Morgan fingerprint density at radius 2 is 2.00 bits per heavy atom.